The molecule has 0 radical (unpaired) electrons. The maximum absolute atomic E-state index is 4.81. The number of nitrogens with zero attached hydrogens (tertiary/aromatic N) is 2. The van der Waals surface area contributed by atoms with Crippen molar-refractivity contribution in [3.8, 4) is 0 Å². The van der Waals surface area contributed by atoms with E-state index in [2.05, 4.69) is 41.0 Å². The van der Waals surface area contributed by atoms with Crippen molar-refractivity contribution in [1.82, 2.24) is 9.97 Å². The highest BCUT2D eigenvalue weighted by Crippen LogP contribution is 2.33. The molecule has 1 aliphatic rings. The summed E-state index contributed by atoms with van der Waals surface area (Å²) >= 11 is 1.69. The lowest BCUT2D eigenvalue weighted by atomic mass is 9.83. The normalized spacial score (nSPS) is 17.7. The number of hydrogen-bond donors (Lipinski definition) is 1. The highest BCUT2D eigenvalue weighted by Gasteiger charge is 2.23. The van der Waals surface area contributed by atoms with Gasteiger partial charge in [-0.25, -0.2) is 9.97 Å². The van der Waals surface area contributed by atoms with Crippen LogP contribution in [0.2, 0.25) is 0 Å². The molecule has 0 saturated heterocycles. The highest BCUT2D eigenvalue weighted by molar-refractivity contribution is 7.16. The molecule has 1 unspecified atom stereocenters. The van der Waals surface area contributed by atoms with Crippen molar-refractivity contribution < 1.29 is 0 Å². The van der Waals surface area contributed by atoms with Crippen LogP contribution in [0.1, 0.15) is 29.3 Å². The lowest BCUT2D eigenvalue weighted by Gasteiger charge is -2.23. The van der Waals surface area contributed by atoms with Crippen molar-refractivity contribution >= 4 is 27.4 Å². The van der Waals surface area contributed by atoms with Crippen molar-refractivity contribution in [3.05, 3.63) is 52.7 Å². The Balaban J connectivity index is 1.74. The van der Waals surface area contributed by atoms with Crippen molar-refractivity contribution in [2.45, 2.75) is 25.2 Å². The number of aryl methyl sites for hydroxylation is 1. The van der Waals surface area contributed by atoms with Crippen molar-refractivity contribution in [2.75, 3.05) is 12.4 Å². The number of rotatable bonds is 2. The van der Waals surface area contributed by atoms with Crippen LogP contribution < -0.4 is 5.32 Å². The molecule has 1 N–H and O–H groups in total. The van der Waals surface area contributed by atoms with Crippen LogP contribution in [0.5, 0.6) is 0 Å². The zero-order chi connectivity index (χ0) is 14.2. The first-order valence-corrected chi connectivity index (χ1v) is 8.23. The van der Waals surface area contributed by atoms with Gasteiger partial charge in [0.05, 0.1) is 5.39 Å². The smallest absolute Gasteiger partial charge is 0.138 e. The number of anilines is 1. The fourth-order valence-electron chi connectivity index (χ4n) is 3.16. The third-order valence-electron chi connectivity index (χ3n) is 4.29. The second-order valence-electron chi connectivity index (χ2n) is 5.53. The van der Waals surface area contributed by atoms with Crippen LogP contribution >= 0.6 is 11.3 Å². The molecular weight excluding hydrogens is 278 g/mol. The number of nitrogens with one attached hydrogen (secondary N) is 1. The summed E-state index contributed by atoms with van der Waals surface area (Å²) in [5.41, 5.74) is 2.94. The van der Waals surface area contributed by atoms with Crippen LogP contribution in [-0.4, -0.2) is 17.0 Å². The minimum atomic E-state index is 0.429. The standard InChI is InChI=1S/C17H17N3S/c1-18-16-14-8-9-21-17(14)20-15(19-16)13-7-6-11-4-2-3-5-12(11)10-13/h2-5,8-9,13H,6-7,10H2,1H3,(H,18,19,20). The van der Waals surface area contributed by atoms with Crippen LogP contribution in [-0.2, 0) is 12.8 Å². The molecule has 0 spiro atoms. The molecule has 1 aliphatic carbocycles. The predicted molar refractivity (Wildman–Crippen MR) is 88.2 cm³/mol. The number of hydrogen-bond acceptors (Lipinski definition) is 4. The minimum Gasteiger partial charge on any atom is -0.372 e. The predicted octanol–water partition coefficient (Wildman–Crippen LogP) is 4.01. The molecule has 0 saturated carbocycles. The lowest BCUT2D eigenvalue weighted by molar-refractivity contribution is 0.558. The quantitative estimate of drug-likeness (QED) is 0.776. The number of thiophene rings is 1. The first-order chi connectivity index (χ1) is 10.3. The Morgan fingerprint density at radius 3 is 2.86 bits per heavy atom. The molecule has 4 heteroatoms. The van der Waals surface area contributed by atoms with Gasteiger partial charge in [-0.1, -0.05) is 24.3 Å². The van der Waals surface area contributed by atoms with E-state index in [4.69, 9.17) is 9.97 Å². The molecule has 0 aliphatic heterocycles. The monoisotopic (exact) mass is 295 g/mol. The van der Waals surface area contributed by atoms with E-state index < -0.39 is 0 Å². The first kappa shape index (κ1) is 12.8. The fourth-order valence-corrected chi connectivity index (χ4v) is 3.93. The number of aromatic nitrogens is 2. The minimum absolute atomic E-state index is 0.429. The largest absolute Gasteiger partial charge is 0.372 e. The molecule has 0 bridgehead atoms. The van der Waals surface area contributed by atoms with Gasteiger partial charge in [0.2, 0.25) is 0 Å². The molecule has 3 aromatic rings. The van der Waals surface area contributed by atoms with Crippen molar-refractivity contribution in [2.24, 2.45) is 0 Å². The zero-order valence-corrected chi connectivity index (χ0v) is 12.8. The summed E-state index contributed by atoms with van der Waals surface area (Å²) in [6.07, 6.45) is 3.31. The highest BCUT2D eigenvalue weighted by atomic mass is 32.1. The van der Waals surface area contributed by atoms with E-state index in [9.17, 15) is 0 Å². The molecule has 0 amide bonds. The van der Waals surface area contributed by atoms with Crippen LogP contribution in [0.3, 0.4) is 0 Å². The SMILES string of the molecule is CNc1nc(C2CCc3ccccc3C2)nc2sccc12. The Morgan fingerprint density at radius 2 is 2.00 bits per heavy atom. The Morgan fingerprint density at radius 1 is 1.14 bits per heavy atom. The van der Waals surface area contributed by atoms with E-state index in [1.807, 2.05) is 7.05 Å². The zero-order valence-electron chi connectivity index (χ0n) is 12.0. The summed E-state index contributed by atoms with van der Waals surface area (Å²) in [7, 11) is 1.93. The van der Waals surface area contributed by atoms with Gasteiger partial charge in [-0.3, -0.25) is 0 Å². The van der Waals surface area contributed by atoms with Gasteiger partial charge in [0.15, 0.2) is 0 Å². The van der Waals surface area contributed by atoms with Gasteiger partial charge < -0.3 is 5.32 Å². The third kappa shape index (κ3) is 2.20. The van der Waals surface area contributed by atoms with E-state index in [-0.39, 0.29) is 0 Å². The van der Waals surface area contributed by atoms with Gasteiger partial charge in [-0.15, -0.1) is 11.3 Å². The summed E-state index contributed by atoms with van der Waals surface area (Å²) in [6, 6.07) is 10.8. The average molecular weight is 295 g/mol. The molecule has 1 aromatic carbocycles. The molecular formula is C17H17N3S. The van der Waals surface area contributed by atoms with E-state index in [1.165, 1.54) is 11.1 Å². The van der Waals surface area contributed by atoms with Crippen molar-refractivity contribution in [1.29, 1.82) is 0 Å². The Kier molecular flexibility index (Phi) is 3.11. The number of fused-ring (bicyclic) bond motifs is 2. The molecule has 2 heterocycles. The van der Waals surface area contributed by atoms with Crippen molar-refractivity contribution in [3.63, 3.8) is 0 Å². The van der Waals surface area contributed by atoms with Gasteiger partial charge in [-0.2, -0.15) is 0 Å². The maximum Gasteiger partial charge on any atom is 0.138 e. The average Bonchev–Trinajstić information content (AvgIpc) is 3.02. The van der Waals surface area contributed by atoms with Crippen LogP contribution in [0.25, 0.3) is 10.2 Å². The number of benzene rings is 1. The Bertz CT molecular complexity index is 794. The van der Waals surface area contributed by atoms with Crippen LogP contribution in [0.15, 0.2) is 35.7 Å². The van der Waals surface area contributed by atoms with E-state index >= 15 is 0 Å². The second kappa shape index (κ2) is 5.11. The van der Waals surface area contributed by atoms with Crippen LogP contribution in [0.4, 0.5) is 5.82 Å². The van der Waals surface area contributed by atoms with Gasteiger partial charge in [0.1, 0.15) is 16.5 Å². The maximum atomic E-state index is 4.81. The van der Waals surface area contributed by atoms with Gasteiger partial charge >= 0.3 is 0 Å². The Hall–Kier alpha value is -1.94. The van der Waals surface area contributed by atoms with E-state index in [1.54, 1.807) is 11.3 Å². The fraction of sp³-hybridized carbons (Fsp3) is 0.294. The lowest BCUT2D eigenvalue weighted by Crippen LogP contribution is -2.15. The van der Waals surface area contributed by atoms with Gasteiger partial charge in [0, 0.05) is 13.0 Å². The third-order valence-corrected chi connectivity index (χ3v) is 5.10. The van der Waals surface area contributed by atoms with Gasteiger partial charge in [0.25, 0.3) is 0 Å². The summed E-state index contributed by atoms with van der Waals surface area (Å²) in [4.78, 5) is 10.7. The van der Waals surface area contributed by atoms with Gasteiger partial charge in [-0.05, 0) is 41.8 Å². The molecule has 0 fully saturated rings. The molecule has 2 aromatic heterocycles. The summed E-state index contributed by atoms with van der Waals surface area (Å²) in [5, 5.41) is 6.42. The molecule has 106 valence electrons. The summed E-state index contributed by atoms with van der Waals surface area (Å²) in [5.74, 6) is 2.37. The first-order valence-electron chi connectivity index (χ1n) is 7.35. The van der Waals surface area contributed by atoms with E-state index in [0.29, 0.717) is 5.92 Å². The topological polar surface area (TPSA) is 37.8 Å². The van der Waals surface area contributed by atoms with E-state index in [0.717, 1.165) is 41.1 Å². The summed E-state index contributed by atoms with van der Waals surface area (Å²) < 4.78 is 0. The molecule has 3 nitrogen and oxygen atoms in total. The summed E-state index contributed by atoms with van der Waals surface area (Å²) in [6.45, 7) is 0. The van der Waals surface area contributed by atoms with Crippen LogP contribution in [0, 0.1) is 0 Å². The molecule has 4 rings (SSSR count). The molecule has 1 atom stereocenters. The second-order valence-corrected chi connectivity index (χ2v) is 6.42. The Labute approximate surface area is 128 Å². The molecule has 21 heavy (non-hydrogen) atoms.